The van der Waals surface area contributed by atoms with Crippen molar-refractivity contribution in [2.75, 3.05) is 18.5 Å². The lowest BCUT2D eigenvalue weighted by molar-refractivity contribution is -0.123. The average Bonchev–Trinajstić information content (AvgIpc) is 2.97. The van der Waals surface area contributed by atoms with Crippen LogP contribution in [0.1, 0.15) is 44.0 Å². The van der Waals surface area contributed by atoms with E-state index in [0.717, 1.165) is 19.4 Å². The van der Waals surface area contributed by atoms with Crippen LogP contribution in [0, 0.1) is 5.41 Å². The monoisotopic (exact) mass is 304 g/mol. The Morgan fingerprint density at radius 1 is 1.27 bits per heavy atom. The van der Waals surface area contributed by atoms with E-state index in [0.29, 0.717) is 17.8 Å². The zero-order valence-electron chi connectivity index (χ0n) is 13.4. The maximum atomic E-state index is 12.3. The van der Waals surface area contributed by atoms with Gasteiger partial charge in [-0.05, 0) is 25.0 Å². The number of rotatable bonds is 4. The largest absolute Gasteiger partial charge is 0.376 e. The number of hydrogen-bond donors (Lipinski definition) is 2. The summed E-state index contributed by atoms with van der Waals surface area (Å²) in [4.78, 5) is 24.4. The van der Waals surface area contributed by atoms with Gasteiger partial charge in [-0.25, -0.2) is 0 Å². The highest BCUT2D eigenvalue weighted by molar-refractivity contribution is 6.04. The number of amides is 2. The van der Waals surface area contributed by atoms with Gasteiger partial charge in [0.25, 0.3) is 5.91 Å². The highest BCUT2D eigenvalue weighted by atomic mass is 16.5. The fourth-order valence-electron chi connectivity index (χ4n) is 2.21. The van der Waals surface area contributed by atoms with Crippen LogP contribution in [0.15, 0.2) is 24.3 Å². The first-order valence-corrected chi connectivity index (χ1v) is 7.68. The minimum atomic E-state index is -0.513. The Bertz CT molecular complexity index is 543. The van der Waals surface area contributed by atoms with E-state index >= 15 is 0 Å². The summed E-state index contributed by atoms with van der Waals surface area (Å²) in [5, 5.41) is 5.71. The molecule has 5 nitrogen and oxygen atoms in total. The summed E-state index contributed by atoms with van der Waals surface area (Å²) in [6.45, 7) is 6.77. The van der Waals surface area contributed by atoms with Gasteiger partial charge in [-0.1, -0.05) is 32.9 Å². The normalized spacial score (nSPS) is 18.0. The molecule has 5 heteroatoms. The van der Waals surface area contributed by atoms with Gasteiger partial charge in [-0.15, -0.1) is 0 Å². The average molecular weight is 304 g/mol. The molecular weight excluding hydrogens is 280 g/mol. The minimum absolute atomic E-state index is 0.0975. The van der Waals surface area contributed by atoms with Crippen LogP contribution in [0.5, 0.6) is 0 Å². The zero-order chi connectivity index (χ0) is 16.2. The third-order valence-corrected chi connectivity index (χ3v) is 3.62. The maximum Gasteiger partial charge on any atom is 0.253 e. The second-order valence-electron chi connectivity index (χ2n) is 6.59. The van der Waals surface area contributed by atoms with Crippen LogP contribution in [0.25, 0.3) is 0 Å². The molecule has 1 heterocycles. The highest BCUT2D eigenvalue weighted by Gasteiger charge is 2.23. The Morgan fingerprint density at radius 2 is 2.00 bits per heavy atom. The van der Waals surface area contributed by atoms with Crippen molar-refractivity contribution < 1.29 is 14.3 Å². The van der Waals surface area contributed by atoms with Crippen LogP contribution in [-0.2, 0) is 9.53 Å². The van der Waals surface area contributed by atoms with Crippen molar-refractivity contribution in [3.63, 3.8) is 0 Å². The summed E-state index contributed by atoms with van der Waals surface area (Å²) in [5.41, 5.74) is 0.492. The van der Waals surface area contributed by atoms with Gasteiger partial charge in [0.15, 0.2) is 0 Å². The van der Waals surface area contributed by atoms with Gasteiger partial charge in [-0.3, -0.25) is 9.59 Å². The number of para-hydroxylation sites is 1. The molecule has 120 valence electrons. The number of anilines is 1. The first-order chi connectivity index (χ1) is 10.4. The molecule has 0 saturated carbocycles. The molecule has 1 atom stereocenters. The quantitative estimate of drug-likeness (QED) is 0.898. The number of nitrogens with one attached hydrogen (secondary N) is 2. The molecule has 1 aliphatic heterocycles. The summed E-state index contributed by atoms with van der Waals surface area (Å²) in [6, 6.07) is 7.04. The van der Waals surface area contributed by atoms with Crippen LogP contribution >= 0.6 is 0 Å². The van der Waals surface area contributed by atoms with Crippen molar-refractivity contribution in [3.05, 3.63) is 29.8 Å². The van der Waals surface area contributed by atoms with E-state index in [1.165, 1.54) is 0 Å². The number of benzene rings is 1. The molecule has 1 aliphatic rings. The van der Waals surface area contributed by atoms with Crippen molar-refractivity contribution >= 4 is 17.5 Å². The molecule has 0 aliphatic carbocycles. The fraction of sp³-hybridized carbons (Fsp3) is 0.529. The lowest BCUT2D eigenvalue weighted by Crippen LogP contribution is -2.33. The Morgan fingerprint density at radius 3 is 2.64 bits per heavy atom. The standard InChI is InChI=1S/C17H24N2O3/c1-17(2,3)16(21)19-14-9-5-4-8-13(14)15(20)18-11-12-7-6-10-22-12/h4-5,8-9,12H,6-7,10-11H2,1-3H3,(H,18,20)(H,19,21)/t12-/m0/s1. The smallest absolute Gasteiger partial charge is 0.253 e. The Kier molecular flexibility index (Phi) is 5.19. The predicted molar refractivity (Wildman–Crippen MR) is 85.8 cm³/mol. The van der Waals surface area contributed by atoms with Crippen LogP contribution in [0.2, 0.25) is 0 Å². The molecule has 2 N–H and O–H groups in total. The van der Waals surface area contributed by atoms with Crippen LogP contribution in [0.3, 0.4) is 0 Å². The van der Waals surface area contributed by atoms with E-state index in [1.807, 2.05) is 20.8 Å². The first-order valence-electron chi connectivity index (χ1n) is 7.68. The van der Waals surface area contributed by atoms with Gasteiger partial charge in [0, 0.05) is 18.6 Å². The minimum Gasteiger partial charge on any atom is -0.376 e. The van der Waals surface area contributed by atoms with Crippen molar-refractivity contribution in [1.82, 2.24) is 5.32 Å². The van der Waals surface area contributed by atoms with E-state index in [2.05, 4.69) is 10.6 Å². The van der Waals surface area contributed by atoms with Crippen LogP contribution in [-0.4, -0.2) is 31.1 Å². The maximum absolute atomic E-state index is 12.3. The molecular formula is C17H24N2O3. The fourth-order valence-corrected chi connectivity index (χ4v) is 2.21. The van der Waals surface area contributed by atoms with Gasteiger partial charge in [0.1, 0.15) is 0 Å². The van der Waals surface area contributed by atoms with Crippen LogP contribution in [0.4, 0.5) is 5.69 Å². The first kappa shape index (κ1) is 16.5. The number of ether oxygens (including phenoxy) is 1. The second kappa shape index (κ2) is 6.92. The summed E-state index contributed by atoms with van der Waals surface area (Å²) in [7, 11) is 0. The second-order valence-corrected chi connectivity index (χ2v) is 6.59. The van der Waals surface area contributed by atoms with Gasteiger partial charge in [0.05, 0.1) is 17.4 Å². The molecule has 0 aromatic heterocycles. The van der Waals surface area contributed by atoms with Gasteiger partial charge in [-0.2, -0.15) is 0 Å². The molecule has 0 spiro atoms. The number of carbonyl (C=O) groups excluding carboxylic acids is 2. The highest BCUT2D eigenvalue weighted by Crippen LogP contribution is 2.20. The summed E-state index contributed by atoms with van der Waals surface area (Å²) < 4.78 is 5.49. The third-order valence-electron chi connectivity index (χ3n) is 3.62. The van der Waals surface area contributed by atoms with Gasteiger partial charge in [0.2, 0.25) is 5.91 Å². The molecule has 2 amide bonds. The third kappa shape index (κ3) is 4.31. The Balaban J connectivity index is 2.03. The predicted octanol–water partition coefficient (Wildman–Crippen LogP) is 2.58. The molecule has 0 bridgehead atoms. The summed E-state index contributed by atoms with van der Waals surface area (Å²) >= 11 is 0. The van der Waals surface area contributed by atoms with Crippen molar-refractivity contribution in [3.8, 4) is 0 Å². The van der Waals surface area contributed by atoms with Crippen LogP contribution < -0.4 is 10.6 Å². The van der Waals surface area contributed by atoms with Crippen molar-refractivity contribution in [2.24, 2.45) is 5.41 Å². The van der Waals surface area contributed by atoms with E-state index in [9.17, 15) is 9.59 Å². The molecule has 2 rings (SSSR count). The summed E-state index contributed by atoms with van der Waals surface area (Å²) in [6.07, 6.45) is 2.11. The molecule has 1 saturated heterocycles. The van der Waals surface area contributed by atoms with Gasteiger partial charge >= 0.3 is 0 Å². The molecule has 0 radical (unpaired) electrons. The Hall–Kier alpha value is -1.88. The lowest BCUT2D eigenvalue weighted by atomic mass is 9.95. The van der Waals surface area contributed by atoms with E-state index in [1.54, 1.807) is 24.3 Å². The van der Waals surface area contributed by atoms with E-state index in [-0.39, 0.29) is 17.9 Å². The SMILES string of the molecule is CC(C)(C)C(=O)Nc1ccccc1C(=O)NC[C@@H]1CCCO1. The molecule has 22 heavy (non-hydrogen) atoms. The Labute approximate surface area is 131 Å². The zero-order valence-corrected chi connectivity index (χ0v) is 13.4. The molecule has 1 aromatic carbocycles. The molecule has 0 unspecified atom stereocenters. The molecule has 1 aromatic rings. The van der Waals surface area contributed by atoms with E-state index in [4.69, 9.17) is 4.74 Å². The lowest BCUT2D eigenvalue weighted by Gasteiger charge is -2.19. The molecule has 1 fully saturated rings. The number of hydrogen-bond acceptors (Lipinski definition) is 3. The van der Waals surface area contributed by atoms with Crippen molar-refractivity contribution in [2.45, 2.75) is 39.7 Å². The van der Waals surface area contributed by atoms with E-state index < -0.39 is 5.41 Å². The topological polar surface area (TPSA) is 67.4 Å². The summed E-state index contributed by atoms with van der Waals surface area (Å²) in [5.74, 6) is -0.313. The number of carbonyl (C=O) groups is 2. The van der Waals surface area contributed by atoms with Gasteiger partial charge < -0.3 is 15.4 Å². The van der Waals surface area contributed by atoms with Crippen molar-refractivity contribution in [1.29, 1.82) is 0 Å².